The van der Waals surface area contributed by atoms with Crippen molar-refractivity contribution in [2.45, 2.75) is 33.2 Å². The molecular formula is C8H15NO2. The molecule has 3 nitrogen and oxygen atoms in total. The largest absolute Gasteiger partial charge is 0.300 e. The van der Waals surface area contributed by atoms with E-state index >= 15 is 0 Å². The molecule has 1 fully saturated rings. The Morgan fingerprint density at radius 3 is 2.27 bits per heavy atom. The molecule has 1 N–H and O–H groups in total. The molecule has 11 heavy (non-hydrogen) atoms. The summed E-state index contributed by atoms with van der Waals surface area (Å²) in [5, 5.41) is 2.81. The van der Waals surface area contributed by atoms with E-state index in [2.05, 4.69) is 5.32 Å². The van der Waals surface area contributed by atoms with Gasteiger partial charge in [-0.1, -0.05) is 13.8 Å². The molecule has 0 amide bonds. The van der Waals surface area contributed by atoms with Gasteiger partial charge >= 0.3 is 0 Å². The highest BCUT2D eigenvalue weighted by Gasteiger charge is 2.24. The van der Waals surface area contributed by atoms with Crippen LogP contribution in [-0.2, 0) is 9.59 Å². The number of Topliss-reactive ketones (excluding diaryl/α,β-unsaturated/α-hetero) is 2. The molecule has 1 saturated heterocycles. The van der Waals surface area contributed by atoms with Crippen molar-refractivity contribution in [2.75, 3.05) is 6.54 Å². The summed E-state index contributed by atoms with van der Waals surface area (Å²) < 4.78 is 0. The highest BCUT2D eigenvalue weighted by atomic mass is 16.1. The van der Waals surface area contributed by atoms with Crippen molar-refractivity contribution in [3.8, 4) is 0 Å². The SMILES string of the molecule is CC.CC(=O)C1CC(=O)CN1. The van der Waals surface area contributed by atoms with Gasteiger partial charge in [-0.05, 0) is 6.92 Å². The van der Waals surface area contributed by atoms with Gasteiger partial charge in [0.1, 0.15) is 11.6 Å². The summed E-state index contributed by atoms with van der Waals surface area (Å²) in [6.07, 6.45) is 0.384. The zero-order valence-corrected chi connectivity index (χ0v) is 7.31. The van der Waals surface area contributed by atoms with Gasteiger partial charge in [-0.15, -0.1) is 0 Å². The van der Waals surface area contributed by atoms with Gasteiger partial charge < -0.3 is 5.32 Å². The Hall–Kier alpha value is -0.700. The van der Waals surface area contributed by atoms with Gasteiger partial charge in [0.2, 0.25) is 0 Å². The van der Waals surface area contributed by atoms with Crippen LogP contribution >= 0.6 is 0 Å². The number of carbonyl (C=O) groups is 2. The minimum atomic E-state index is -0.197. The van der Waals surface area contributed by atoms with Crippen molar-refractivity contribution >= 4 is 11.6 Å². The molecule has 0 aromatic carbocycles. The first-order valence-electron chi connectivity index (χ1n) is 3.95. The lowest BCUT2D eigenvalue weighted by Crippen LogP contribution is -2.28. The van der Waals surface area contributed by atoms with Crippen LogP contribution in [-0.4, -0.2) is 24.2 Å². The number of hydrogen-bond acceptors (Lipinski definition) is 3. The average Bonchev–Trinajstić information content (AvgIpc) is 2.40. The van der Waals surface area contributed by atoms with Gasteiger partial charge in [-0.2, -0.15) is 0 Å². The fraction of sp³-hybridized carbons (Fsp3) is 0.750. The van der Waals surface area contributed by atoms with Gasteiger partial charge in [0.15, 0.2) is 0 Å². The molecule has 0 radical (unpaired) electrons. The van der Waals surface area contributed by atoms with Gasteiger partial charge in [0.25, 0.3) is 0 Å². The van der Waals surface area contributed by atoms with Gasteiger partial charge in [-0.3, -0.25) is 9.59 Å². The molecule has 0 bridgehead atoms. The van der Waals surface area contributed by atoms with Crippen LogP contribution in [0.4, 0.5) is 0 Å². The summed E-state index contributed by atoms with van der Waals surface area (Å²) in [5.74, 6) is 0.191. The Kier molecular flexibility index (Phi) is 4.70. The number of rotatable bonds is 1. The van der Waals surface area contributed by atoms with Crippen LogP contribution in [0.5, 0.6) is 0 Å². The zero-order chi connectivity index (χ0) is 8.85. The van der Waals surface area contributed by atoms with E-state index in [-0.39, 0.29) is 17.6 Å². The molecule has 3 heteroatoms. The third-order valence-corrected chi connectivity index (χ3v) is 1.47. The summed E-state index contributed by atoms with van der Waals surface area (Å²) >= 11 is 0. The summed E-state index contributed by atoms with van der Waals surface area (Å²) in [7, 11) is 0. The first kappa shape index (κ1) is 10.3. The average molecular weight is 157 g/mol. The lowest BCUT2D eigenvalue weighted by Gasteiger charge is -2.00. The molecule has 1 heterocycles. The topological polar surface area (TPSA) is 46.2 Å². The van der Waals surface area contributed by atoms with E-state index < -0.39 is 0 Å². The fourth-order valence-corrected chi connectivity index (χ4v) is 0.897. The first-order valence-corrected chi connectivity index (χ1v) is 3.95. The predicted octanol–water partition coefficient (Wildman–Crippen LogP) is 0.533. The maximum atomic E-state index is 10.6. The highest BCUT2D eigenvalue weighted by molar-refractivity contribution is 5.93. The second-order valence-electron chi connectivity index (χ2n) is 2.29. The summed E-state index contributed by atoms with van der Waals surface area (Å²) in [5.41, 5.74) is 0. The standard InChI is InChI=1S/C6H9NO2.C2H6/c1-4(8)6-2-5(9)3-7-6;1-2/h6-7H,2-3H2,1H3;1-2H3. The molecule has 1 aliphatic heterocycles. The Balaban J connectivity index is 0.000000461. The Labute approximate surface area is 67.2 Å². The first-order chi connectivity index (χ1) is 5.20. The van der Waals surface area contributed by atoms with Gasteiger partial charge in [0, 0.05) is 6.42 Å². The van der Waals surface area contributed by atoms with E-state index in [4.69, 9.17) is 0 Å². The zero-order valence-electron chi connectivity index (χ0n) is 7.31. The second kappa shape index (κ2) is 5.02. The van der Waals surface area contributed by atoms with E-state index in [1.807, 2.05) is 13.8 Å². The molecule has 1 unspecified atom stereocenters. The van der Waals surface area contributed by atoms with Gasteiger partial charge in [0.05, 0.1) is 12.6 Å². The third-order valence-electron chi connectivity index (χ3n) is 1.47. The minimum Gasteiger partial charge on any atom is -0.300 e. The van der Waals surface area contributed by atoms with Crippen molar-refractivity contribution in [1.29, 1.82) is 0 Å². The van der Waals surface area contributed by atoms with Crippen LogP contribution in [0.15, 0.2) is 0 Å². The molecule has 1 atom stereocenters. The molecule has 64 valence electrons. The number of carbonyl (C=O) groups excluding carboxylic acids is 2. The van der Waals surface area contributed by atoms with Crippen LogP contribution in [0.2, 0.25) is 0 Å². The summed E-state index contributed by atoms with van der Waals surface area (Å²) in [6, 6.07) is -0.197. The summed E-state index contributed by atoms with van der Waals surface area (Å²) in [6.45, 7) is 5.86. The molecule has 0 saturated carbocycles. The van der Waals surface area contributed by atoms with Crippen molar-refractivity contribution in [1.82, 2.24) is 5.32 Å². The van der Waals surface area contributed by atoms with Crippen LogP contribution in [0.3, 0.4) is 0 Å². The third kappa shape index (κ3) is 3.28. The second-order valence-corrected chi connectivity index (χ2v) is 2.29. The van der Waals surface area contributed by atoms with Gasteiger partial charge in [-0.25, -0.2) is 0 Å². The van der Waals surface area contributed by atoms with Crippen LogP contribution in [0.25, 0.3) is 0 Å². The Morgan fingerprint density at radius 2 is 2.09 bits per heavy atom. The van der Waals surface area contributed by atoms with Crippen LogP contribution in [0.1, 0.15) is 27.2 Å². The minimum absolute atomic E-state index is 0.0563. The maximum Gasteiger partial charge on any atom is 0.148 e. The van der Waals surface area contributed by atoms with E-state index in [9.17, 15) is 9.59 Å². The molecule has 1 aliphatic rings. The summed E-state index contributed by atoms with van der Waals surface area (Å²) in [4.78, 5) is 21.1. The van der Waals surface area contributed by atoms with E-state index in [1.165, 1.54) is 6.92 Å². The van der Waals surface area contributed by atoms with Crippen LogP contribution < -0.4 is 5.32 Å². The molecule has 1 rings (SSSR count). The number of hydrogen-bond donors (Lipinski definition) is 1. The highest BCUT2D eigenvalue weighted by Crippen LogP contribution is 2.01. The number of nitrogens with one attached hydrogen (secondary N) is 1. The molecule has 0 aromatic rings. The molecule has 0 spiro atoms. The van der Waals surface area contributed by atoms with E-state index in [1.54, 1.807) is 0 Å². The smallest absolute Gasteiger partial charge is 0.148 e. The predicted molar refractivity (Wildman–Crippen MR) is 43.4 cm³/mol. The van der Waals surface area contributed by atoms with Crippen molar-refractivity contribution in [3.63, 3.8) is 0 Å². The van der Waals surface area contributed by atoms with Crippen molar-refractivity contribution < 1.29 is 9.59 Å². The monoisotopic (exact) mass is 157 g/mol. The fourth-order valence-electron chi connectivity index (χ4n) is 0.897. The quantitative estimate of drug-likeness (QED) is 0.604. The molecule has 0 aromatic heterocycles. The maximum absolute atomic E-state index is 10.6. The lowest BCUT2D eigenvalue weighted by atomic mass is 10.1. The van der Waals surface area contributed by atoms with E-state index in [0.717, 1.165) is 0 Å². The van der Waals surface area contributed by atoms with Crippen molar-refractivity contribution in [2.24, 2.45) is 0 Å². The Morgan fingerprint density at radius 1 is 1.55 bits per heavy atom. The Bertz CT molecular complexity index is 154. The van der Waals surface area contributed by atoms with Crippen molar-refractivity contribution in [3.05, 3.63) is 0 Å². The molecule has 0 aliphatic carbocycles. The molecular weight excluding hydrogens is 142 g/mol. The lowest BCUT2D eigenvalue weighted by molar-refractivity contribution is -0.121. The van der Waals surface area contributed by atoms with E-state index in [0.29, 0.717) is 13.0 Å². The number of ketones is 2. The normalized spacial score (nSPS) is 22.5. The van der Waals surface area contributed by atoms with Crippen LogP contribution in [0, 0.1) is 0 Å².